The number of carbonyl (C=O) groups is 3. The molecule has 7 nitrogen and oxygen atoms in total. The number of nitrogens with zero attached hydrogens (tertiary/aromatic N) is 3. The van der Waals surface area contributed by atoms with Crippen molar-refractivity contribution in [3.63, 3.8) is 0 Å². The van der Waals surface area contributed by atoms with Crippen LogP contribution in [0.5, 0.6) is 0 Å². The molecule has 2 aliphatic rings. The molecule has 1 saturated heterocycles. The fourth-order valence-corrected chi connectivity index (χ4v) is 4.69. The second kappa shape index (κ2) is 10.9. The number of carbonyl (C=O) groups excluding carboxylic acids is 3. The lowest BCUT2D eigenvalue weighted by Gasteiger charge is -2.37. The Morgan fingerprint density at radius 3 is 2.17 bits per heavy atom. The molecule has 2 fully saturated rings. The standard InChI is InChI=1S/C28H36N4O3/c1-4-30(5-2)28(35)24-19-23(29-26(33)21-7-6-8-21)13-14-25(24)31-15-17-32(18-16-31)27(34)22-11-9-20(3)10-12-22/h9-14,19,21H,4-8,15-18H2,1-3H3,(H,29,33). The molecule has 0 aromatic heterocycles. The highest BCUT2D eigenvalue weighted by Gasteiger charge is 2.28. The van der Waals surface area contributed by atoms with Crippen LogP contribution in [0, 0.1) is 12.8 Å². The van der Waals surface area contributed by atoms with Gasteiger partial charge in [0, 0.05) is 62.1 Å². The summed E-state index contributed by atoms with van der Waals surface area (Å²) in [6, 6.07) is 13.3. The maximum Gasteiger partial charge on any atom is 0.256 e. The quantitative estimate of drug-likeness (QED) is 0.651. The summed E-state index contributed by atoms with van der Waals surface area (Å²) in [7, 11) is 0. The van der Waals surface area contributed by atoms with Crippen LogP contribution in [-0.4, -0.2) is 66.8 Å². The van der Waals surface area contributed by atoms with Gasteiger partial charge in [0.1, 0.15) is 0 Å². The lowest BCUT2D eigenvalue weighted by atomic mass is 9.85. The molecule has 1 aliphatic heterocycles. The molecule has 0 atom stereocenters. The second-order valence-electron chi connectivity index (χ2n) is 9.47. The summed E-state index contributed by atoms with van der Waals surface area (Å²) >= 11 is 0. The first-order valence-electron chi connectivity index (χ1n) is 12.8. The smallest absolute Gasteiger partial charge is 0.256 e. The van der Waals surface area contributed by atoms with Crippen LogP contribution >= 0.6 is 0 Å². The van der Waals surface area contributed by atoms with Gasteiger partial charge in [0.15, 0.2) is 0 Å². The number of piperazine rings is 1. The predicted octanol–water partition coefficient (Wildman–Crippen LogP) is 4.18. The summed E-state index contributed by atoms with van der Waals surface area (Å²) in [5.41, 5.74) is 3.94. The summed E-state index contributed by atoms with van der Waals surface area (Å²) < 4.78 is 0. The van der Waals surface area contributed by atoms with Crippen LogP contribution in [-0.2, 0) is 4.79 Å². The average Bonchev–Trinajstić information content (AvgIpc) is 2.84. The fourth-order valence-electron chi connectivity index (χ4n) is 4.69. The van der Waals surface area contributed by atoms with E-state index in [1.807, 2.05) is 68.1 Å². The highest BCUT2D eigenvalue weighted by Crippen LogP contribution is 2.30. The van der Waals surface area contributed by atoms with Gasteiger partial charge in [0.25, 0.3) is 11.8 Å². The minimum Gasteiger partial charge on any atom is -0.367 e. The number of hydrogen-bond donors (Lipinski definition) is 1. The summed E-state index contributed by atoms with van der Waals surface area (Å²) in [5, 5.41) is 3.01. The van der Waals surface area contributed by atoms with Crippen LogP contribution in [0.1, 0.15) is 59.4 Å². The number of nitrogens with one attached hydrogen (secondary N) is 1. The van der Waals surface area contributed by atoms with E-state index in [0.717, 1.165) is 30.5 Å². The third-order valence-corrected chi connectivity index (χ3v) is 7.23. The summed E-state index contributed by atoms with van der Waals surface area (Å²) in [6.45, 7) is 9.65. The Bertz CT molecular complexity index is 1070. The molecular formula is C28H36N4O3. The zero-order valence-corrected chi connectivity index (χ0v) is 21.0. The van der Waals surface area contributed by atoms with Gasteiger partial charge in [-0.3, -0.25) is 14.4 Å². The van der Waals surface area contributed by atoms with E-state index in [2.05, 4.69) is 10.2 Å². The molecule has 0 spiro atoms. The number of rotatable bonds is 7. The molecule has 1 saturated carbocycles. The maximum absolute atomic E-state index is 13.4. The van der Waals surface area contributed by atoms with Gasteiger partial charge in [-0.2, -0.15) is 0 Å². The van der Waals surface area contributed by atoms with Crippen LogP contribution in [0.3, 0.4) is 0 Å². The molecule has 1 heterocycles. The van der Waals surface area contributed by atoms with E-state index in [0.29, 0.717) is 56.1 Å². The van der Waals surface area contributed by atoms with Crippen LogP contribution in [0.25, 0.3) is 0 Å². The third-order valence-electron chi connectivity index (χ3n) is 7.23. The molecule has 0 radical (unpaired) electrons. The van der Waals surface area contributed by atoms with Gasteiger partial charge in [0.05, 0.1) is 5.56 Å². The predicted molar refractivity (Wildman–Crippen MR) is 139 cm³/mol. The van der Waals surface area contributed by atoms with E-state index >= 15 is 0 Å². The Labute approximate surface area is 208 Å². The maximum atomic E-state index is 13.4. The normalized spacial score (nSPS) is 16.0. The Balaban J connectivity index is 1.51. The zero-order chi connectivity index (χ0) is 24.9. The van der Waals surface area contributed by atoms with E-state index in [9.17, 15) is 14.4 Å². The Morgan fingerprint density at radius 2 is 1.60 bits per heavy atom. The van der Waals surface area contributed by atoms with Crippen LogP contribution in [0.2, 0.25) is 0 Å². The Hall–Kier alpha value is -3.35. The minimum absolute atomic E-state index is 0.0356. The van der Waals surface area contributed by atoms with Crippen molar-refractivity contribution in [3.05, 3.63) is 59.2 Å². The van der Waals surface area contributed by atoms with Crippen molar-refractivity contribution in [2.75, 3.05) is 49.5 Å². The lowest BCUT2D eigenvalue weighted by Crippen LogP contribution is -2.49. The van der Waals surface area contributed by atoms with E-state index < -0.39 is 0 Å². The Morgan fingerprint density at radius 1 is 0.943 bits per heavy atom. The first-order valence-corrected chi connectivity index (χ1v) is 12.8. The molecule has 0 bridgehead atoms. The van der Waals surface area contributed by atoms with Crippen molar-refractivity contribution in [1.29, 1.82) is 0 Å². The number of anilines is 2. The highest BCUT2D eigenvalue weighted by molar-refractivity contribution is 6.02. The molecule has 35 heavy (non-hydrogen) atoms. The molecule has 1 N–H and O–H groups in total. The van der Waals surface area contributed by atoms with Crippen molar-refractivity contribution in [2.45, 2.75) is 40.0 Å². The fraction of sp³-hybridized carbons (Fsp3) is 0.464. The number of amides is 3. The van der Waals surface area contributed by atoms with Crippen molar-refractivity contribution >= 4 is 29.1 Å². The average molecular weight is 477 g/mol. The Kier molecular flexibility index (Phi) is 7.73. The van der Waals surface area contributed by atoms with E-state index in [1.165, 1.54) is 0 Å². The molecule has 0 unspecified atom stereocenters. The van der Waals surface area contributed by atoms with Crippen LogP contribution in [0.15, 0.2) is 42.5 Å². The molecule has 186 valence electrons. The van der Waals surface area contributed by atoms with Crippen molar-refractivity contribution in [1.82, 2.24) is 9.80 Å². The van der Waals surface area contributed by atoms with Crippen molar-refractivity contribution in [2.24, 2.45) is 5.92 Å². The molecule has 2 aromatic carbocycles. The third kappa shape index (κ3) is 5.50. The SMILES string of the molecule is CCN(CC)C(=O)c1cc(NC(=O)C2CCC2)ccc1N1CCN(C(=O)c2ccc(C)cc2)CC1. The van der Waals surface area contributed by atoms with Gasteiger partial charge in [0.2, 0.25) is 5.91 Å². The number of hydrogen-bond acceptors (Lipinski definition) is 4. The molecular weight excluding hydrogens is 440 g/mol. The van der Waals surface area contributed by atoms with Crippen molar-refractivity contribution < 1.29 is 14.4 Å². The van der Waals surface area contributed by atoms with E-state index in [-0.39, 0.29) is 23.6 Å². The monoisotopic (exact) mass is 476 g/mol. The molecule has 7 heteroatoms. The first-order chi connectivity index (χ1) is 16.9. The largest absolute Gasteiger partial charge is 0.367 e. The van der Waals surface area contributed by atoms with Gasteiger partial charge in [-0.15, -0.1) is 0 Å². The molecule has 3 amide bonds. The van der Waals surface area contributed by atoms with E-state index in [1.54, 1.807) is 4.90 Å². The lowest BCUT2D eigenvalue weighted by molar-refractivity contribution is -0.122. The van der Waals surface area contributed by atoms with E-state index in [4.69, 9.17) is 0 Å². The van der Waals surface area contributed by atoms with Gasteiger partial charge in [-0.05, 0) is 63.9 Å². The van der Waals surface area contributed by atoms with Gasteiger partial charge in [-0.25, -0.2) is 0 Å². The minimum atomic E-state index is -0.0390. The molecule has 1 aliphatic carbocycles. The summed E-state index contributed by atoms with van der Waals surface area (Å²) in [5.74, 6) is 0.116. The van der Waals surface area contributed by atoms with Crippen LogP contribution in [0.4, 0.5) is 11.4 Å². The summed E-state index contributed by atoms with van der Waals surface area (Å²) in [6.07, 6.45) is 2.96. The topological polar surface area (TPSA) is 73.0 Å². The number of aryl methyl sites for hydroxylation is 1. The van der Waals surface area contributed by atoms with Gasteiger partial charge < -0.3 is 20.0 Å². The van der Waals surface area contributed by atoms with Crippen LogP contribution < -0.4 is 10.2 Å². The van der Waals surface area contributed by atoms with Gasteiger partial charge >= 0.3 is 0 Å². The summed E-state index contributed by atoms with van der Waals surface area (Å²) in [4.78, 5) is 44.7. The number of benzene rings is 2. The van der Waals surface area contributed by atoms with Gasteiger partial charge in [-0.1, -0.05) is 24.1 Å². The highest BCUT2D eigenvalue weighted by atomic mass is 16.2. The first kappa shape index (κ1) is 24.8. The zero-order valence-electron chi connectivity index (χ0n) is 21.0. The van der Waals surface area contributed by atoms with Crippen molar-refractivity contribution in [3.8, 4) is 0 Å². The second-order valence-corrected chi connectivity index (χ2v) is 9.47. The molecule has 2 aromatic rings. The molecule has 4 rings (SSSR count).